The van der Waals surface area contributed by atoms with Crippen LogP contribution in [0, 0.1) is 11.3 Å². The minimum absolute atomic E-state index is 0.0786. The Balaban J connectivity index is 2.33. The number of hydrogen-bond donors (Lipinski definition) is 3. The molecule has 2 aromatic rings. The first-order valence-corrected chi connectivity index (χ1v) is 6.04. The van der Waals surface area contributed by atoms with Gasteiger partial charge in [-0.3, -0.25) is 0 Å². The Morgan fingerprint density at radius 1 is 1.55 bits per heavy atom. The number of halogens is 1. The maximum absolute atomic E-state index is 11.1. The number of nitrogens with zero attached hydrogens (tertiary/aromatic N) is 4. The molecule has 0 fully saturated rings. The van der Waals surface area contributed by atoms with Crippen molar-refractivity contribution >= 4 is 33.2 Å². The Bertz CT molecular complexity index is 704. The molecule has 0 saturated heterocycles. The van der Waals surface area contributed by atoms with Crippen molar-refractivity contribution in [3.8, 4) is 6.07 Å². The van der Waals surface area contributed by atoms with Crippen LogP contribution < -0.4 is 5.32 Å². The quantitative estimate of drug-likeness (QED) is 0.725. The molecule has 0 aliphatic rings. The summed E-state index contributed by atoms with van der Waals surface area (Å²) in [4.78, 5) is 11.1. The summed E-state index contributed by atoms with van der Waals surface area (Å²) >= 11 is 3.25. The molecular weight excluding hydrogens is 328 g/mol. The number of carbonyl (C=O) groups is 1. The molecule has 0 bridgehead atoms. The molecule has 0 spiro atoms. The predicted octanol–water partition coefficient (Wildman–Crippen LogP) is 1.64. The van der Waals surface area contributed by atoms with E-state index in [0.29, 0.717) is 10.2 Å². The van der Waals surface area contributed by atoms with Crippen LogP contribution in [0.25, 0.3) is 5.57 Å². The highest BCUT2D eigenvalue weighted by Gasteiger charge is 2.11. The number of tetrazole rings is 1. The molecule has 3 N–H and O–H groups in total. The summed E-state index contributed by atoms with van der Waals surface area (Å²) < 4.78 is 0.705. The Morgan fingerprint density at radius 2 is 2.35 bits per heavy atom. The van der Waals surface area contributed by atoms with Gasteiger partial charge in [0.1, 0.15) is 11.6 Å². The second kappa shape index (κ2) is 5.94. The van der Waals surface area contributed by atoms with E-state index in [9.17, 15) is 4.79 Å². The Hall–Kier alpha value is -2.73. The van der Waals surface area contributed by atoms with Gasteiger partial charge in [-0.2, -0.15) is 10.5 Å². The van der Waals surface area contributed by atoms with E-state index in [1.165, 1.54) is 12.3 Å². The topological polar surface area (TPSA) is 128 Å². The van der Waals surface area contributed by atoms with Gasteiger partial charge in [0.2, 0.25) is 5.82 Å². The van der Waals surface area contributed by atoms with Crippen molar-refractivity contribution in [2.24, 2.45) is 0 Å². The lowest BCUT2D eigenvalue weighted by Crippen LogP contribution is -2.02. The minimum atomic E-state index is -1.08. The monoisotopic (exact) mass is 334 g/mol. The average molecular weight is 335 g/mol. The van der Waals surface area contributed by atoms with Crippen molar-refractivity contribution in [1.82, 2.24) is 20.6 Å². The van der Waals surface area contributed by atoms with Crippen LogP contribution in [0.15, 0.2) is 28.9 Å². The highest BCUT2D eigenvalue weighted by atomic mass is 79.9. The van der Waals surface area contributed by atoms with Gasteiger partial charge in [-0.05, 0) is 23.4 Å². The molecule has 2 rings (SSSR count). The SMILES string of the molecule is N#CC(=CNc1cc(Br)ccc1C(=O)O)c1nn[nH]n1. The summed E-state index contributed by atoms with van der Waals surface area (Å²) in [5.74, 6) is -0.960. The van der Waals surface area contributed by atoms with Crippen molar-refractivity contribution < 1.29 is 9.90 Å². The van der Waals surface area contributed by atoms with Gasteiger partial charge in [0.25, 0.3) is 0 Å². The zero-order valence-electron chi connectivity index (χ0n) is 9.83. The third-order valence-electron chi connectivity index (χ3n) is 2.29. The Morgan fingerprint density at radius 3 is 2.95 bits per heavy atom. The third-order valence-corrected chi connectivity index (χ3v) is 2.78. The largest absolute Gasteiger partial charge is 0.478 e. The van der Waals surface area contributed by atoms with Gasteiger partial charge in [-0.15, -0.1) is 10.2 Å². The van der Waals surface area contributed by atoms with Gasteiger partial charge in [-0.25, -0.2) is 4.79 Å². The fourth-order valence-electron chi connectivity index (χ4n) is 1.40. The standard InChI is InChI=1S/C11H7BrN6O2/c12-7-1-2-8(11(19)20)9(3-7)14-5-6(4-13)10-15-17-18-16-10/h1-3,5,14H,(H,19,20)(H,15,16,17,18). The lowest BCUT2D eigenvalue weighted by Gasteiger charge is -2.06. The number of hydrogen-bond acceptors (Lipinski definition) is 6. The van der Waals surface area contributed by atoms with Gasteiger partial charge in [0, 0.05) is 10.7 Å². The molecule has 1 aromatic heterocycles. The first kappa shape index (κ1) is 13.7. The first-order valence-electron chi connectivity index (χ1n) is 5.25. The van der Waals surface area contributed by atoms with Crippen LogP contribution in [0.1, 0.15) is 16.2 Å². The van der Waals surface area contributed by atoms with Crippen molar-refractivity contribution in [3.63, 3.8) is 0 Å². The third kappa shape index (κ3) is 2.99. The van der Waals surface area contributed by atoms with E-state index in [-0.39, 0.29) is 17.0 Å². The fourth-order valence-corrected chi connectivity index (χ4v) is 1.76. The van der Waals surface area contributed by atoms with Gasteiger partial charge in [0.05, 0.1) is 11.3 Å². The number of aromatic nitrogens is 4. The second-order valence-electron chi connectivity index (χ2n) is 3.54. The van der Waals surface area contributed by atoms with Gasteiger partial charge in [0.15, 0.2) is 0 Å². The number of carboxylic acid groups (broad SMARTS) is 1. The van der Waals surface area contributed by atoms with E-state index in [0.717, 1.165) is 0 Å². The van der Waals surface area contributed by atoms with E-state index in [4.69, 9.17) is 10.4 Å². The molecular formula is C11H7BrN6O2. The molecule has 0 atom stereocenters. The van der Waals surface area contributed by atoms with E-state index in [2.05, 4.69) is 41.9 Å². The smallest absolute Gasteiger partial charge is 0.337 e. The normalized spacial score (nSPS) is 10.9. The lowest BCUT2D eigenvalue weighted by atomic mass is 10.2. The summed E-state index contributed by atoms with van der Waals surface area (Å²) in [7, 11) is 0. The van der Waals surface area contributed by atoms with Crippen LogP contribution in [0.4, 0.5) is 5.69 Å². The molecule has 0 aliphatic carbocycles. The Labute approximate surface area is 121 Å². The van der Waals surface area contributed by atoms with Crippen LogP contribution in [-0.2, 0) is 0 Å². The zero-order chi connectivity index (χ0) is 14.5. The molecule has 1 heterocycles. The molecule has 100 valence electrons. The second-order valence-corrected chi connectivity index (χ2v) is 4.46. The molecule has 8 nitrogen and oxygen atoms in total. The van der Waals surface area contributed by atoms with Crippen molar-refractivity contribution in [3.05, 3.63) is 40.3 Å². The predicted molar refractivity (Wildman–Crippen MR) is 72.5 cm³/mol. The van der Waals surface area contributed by atoms with Crippen LogP contribution in [0.3, 0.4) is 0 Å². The number of carboxylic acids is 1. The molecule has 1 aromatic carbocycles. The number of rotatable bonds is 4. The molecule has 0 radical (unpaired) electrons. The van der Waals surface area contributed by atoms with E-state index in [1.807, 2.05) is 6.07 Å². The fraction of sp³-hybridized carbons (Fsp3) is 0. The zero-order valence-corrected chi connectivity index (χ0v) is 11.4. The number of nitriles is 1. The summed E-state index contributed by atoms with van der Waals surface area (Å²) in [5.41, 5.74) is 0.535. The first-order chi connectivity index (χ1) is 9.61. The van der Waals surface area contributed by atoms with E-state index < -0.39 is 5.97 Å². The highest BCUT2D eigenvalue weighted by molar-refractivity contribution is 9.10. The summed E-state index contributed by atoms with van der Waals surface area (Å²) in [6, 6.07) is 6.54. The molecule has 0 unspecified atom stereocenters. The maximum atomic E-state index is 11.1. The number of aromatic carboxylic acids is 1. The number of H-pyrrole nitrogens is 1. The van der Waals surface area contributed by atoms with E-state index in [1.54, 1.807) is 12.1 Å². The maximum Gasteiger partial charge on any atom is 0.337 e. The molecule has 0 saturated carbocycles. The number of aromatic amines is 1. The molecule has 20 heavy (non-hydrogen) atoms. The van der Waals surface area contributed by atoms with Crippen LogP contribution in [0.5, 0.6) is 0 Å². The molecule has 9 heteroatoms. The highest BCUT2D eigenvalue weighted by Crippen LogP contribution is 2.22. The summed E-state index contributed by atoms with van der Waals surface area (Å²) in [6.07, 6.45) is 1.32. The van der Waals surface area contributed by atoms with Crippen LogP contribution in [0.2, 0.25) is 0 Å². The van der Waals surface area contributed by atoms with Gasteiger partial charge >= 0.3 is 5.97 Å². The number of nitrogens with one attached hydrogen (secondary N) is 2. The van der Waals surface area contributed by atoms with Crippen molar-refractivity contribution in [2.75, 3.05) is 5.32 Å². The summed E-state index contributed by atoms with van der Waals surface area (Å²) in [5, 5.41) is 33.8. The summed E-state index contributed by atoms with van der Waals surface area (Å²) in [6.45, 7) is 0. The van der Waals surface area contributed by atoms with Crippen molar-refractivity contribution in [2.45, 2.75) is 0 Å². The van der Waals surface area contributed by atoms with Crippen LogP contribution >= 0.6 is 15.9 Å². The average Bonchev–Trinajstić information content (AvgIpc) is 2.93. The minimum Gasteiger partial charge on any atom is -0.478 e. The molecule has 0 aliphatic heterocycles. The number of anilines is 1. The van der Waals surface area contributed by atoms with E-state index >= 15 is 0 Å². The van der Waals surface area contributed by atoms with Crippen LogP contribution in [-0.4, -0.2) is 31.7 Å². The van der Waals surface area contributed by atoms with Crippen molar-refractivity contribution in [1.29, 1.82) is 5.26 Å². The Kier molecular flexibility index (Phi) is 4.07. The number of benzene rings is 1. The van der Waals surface area contributed by atoms with Gasteiger partial charge in [-0.1, -0.05) is 15.9 Å². The lowest BCUT2D eigenvalue weighted by molar-refractivity contribution is 0.0698. The van der Waals surface area contributed by atoms with Gasteiger partial charge < -0.3 is 10.4 Å². The molecule has 0 amide bonds. The number of allylic oxidation sites excluding steroid dienone is 1.